The maximum Gasteiger partial charge on any atom is 0.0458 e. The smallest absolute Gasteiger partial charge is 0.0458 e. The van der Waals surface area contributed by atoms with Crippen molar-refractivity contribution in [3.63, 3.8) is 0 Å². The van der Waals surface area contributed by atoms with Gasteiger partial charge in [-0.15, -0.1) is 0 Å². The van der Waals surface area contributed by atoms with Crippen LogP contribution in [0.4, 0.5) is 5.69 Å². The van der Waals surface area contributed by atoms with E-state index in [2.05, 4.69) is 114 Å². The van der Waals surface area contributed by atoms with Gasteiger partial charge in [0.25, 0.3) is 0 Å². The zero-order chi connectivity index (χ0) is 34.1. The highest BCUT2D eigenvalue weighted by Gasteiger charge is 2.40. The standard InChI is InChI=1S/C49H58N2/c1-35-12-5-8-19-45(35)40-16-11-15-37(22-23-40)39-24-28-42(29-25-39)50(41-17-6-7-18-41)44-32-33-47-46-20-9-10-21-48(46)51(49(47)34-44)43-30-26-38(27-31-43)36-13-3-2-4-14-36/h2-3,5,8,17,20-24,26-27,30-32,34-36,42,45,47H,4,6-7,9-16,18-19,25,28-29,33H2,1H3. The highest BCUT2D eigenvalue weighted by atomic mass is 15.2. The van der Waals surface area contributed by atoms with E-state index < -0.39 is 0 Å². The van der Waals surface area contributed by atoms with Crippen LogP contribution in [0, 0.1) is 17.8 Å². The topological polar surface area (TPSA) is 6.48 Å². The lowest BCUT2D eigenvalue weighted by atomic mass is 9.78. The number of rotatable bonds is 7. The largest absolute Gasteiger partial charge is 0.342 e. The highest BCUT2D eigenvalue weighted by molar-refractivity contribution is 5.71. The predicted octanol–water partition coefficient (Wildman–Crippen LogP) is 13.2. The first-order chi connectivity index (χ1) is 25.2. The summed E-state index contributed by atoms with van der Waals surface area (Å²) in [6, 6.07) is 10.2. The first-order valence-electron chi connectivity index (χ1n) is 20.8. The van der Waals surface area contributed by atoms with Crippen LogP contribution in [0.3, 0.4) is 0 Å². The van der Waals surface area contributed by atoms with E-state index in [0.29, 0.717) is 17.9 Å². The van der Waals surface area contributed by atoms with Gasteiger partial charge in [0, 0.05) is 40.4 Å². The van der Waals surface area contributed by atoms with Crippen molar-refractivity contribution in [1.29, 1.82) is 0 Å². The molecule has 1 aromatic carbocycles. The van der Waals surface area contributed by atoms with Gasteiger partial charge in [0.1, 0.15) is 0 Å². The second kappa shape index (κ2) is 14.7. The van der Waals surface area contributed by atoms with Crippen LogP contribution in [-0.2, 0) is 0 Å². The lowest BCUT2D eigenvalue weighted by Crippen LogP contribution is -2.35. The van der Waals surface area contributed by atoms with Crippen LogP contribution in [0.2, 0.25) is 0 Å². The molecule has 7 aliphatic carbocycles. The molecule has 5 atom stereocenters. The van der Waals surface area contributed by atoms with E-state index >= 15 is 0 Å². The van der Waals surface area contributed by atoms with Crippen LogP contribution in [0.15, 0.2) is 142 Å². The quantitative estimate of drug-likeness (QED) is 0.266. The molecule has 1 fully saturated rings. The molecule has 0 amide bonds. The van der Waals surface area contributed by atoms with Gasteiger partial charge in [-0.25, -0.2) is 0 Å². The van der Waals surface area contributed by atoms with Crippen molar-refractivity contribution in [2.75, 3.05) is 4.90 Å². The van der Waals surface area contributed by atoms with E-state index in [1.165, 1.54) is 118 Å². The van der Waals surface area contributed by atoms with Crippen molar-refractivity contribution in [2.24, 2.45) is 17.8 Å². The molecule has 1 heterocycles. The van der Waals surface area contributed by atoms with Crippen LogP contribution < -0.4 is 4.90 Å². The molecule has 51 heavy (non-hydrogen) atoms. The molecule has 9 rings (SSSR count). The highest BCUT2D eigenvalue weighted by Crippen LogP contribution is 2.51. The molecule has 0 saturated carbocycles. The minimum absolute atomic E-state index is 0.466. The van der Waals surface area contributed by atoms with Gasteiger partial charge in [-0.05, 0) is 167 Å². The van der Waals surface area contributed by atoms with E-state index in [-0.39, 0.29) is 0 Å². The molecule has 264 valence electrons. The van der Waals surface area contributed by atoms with Crippen LogP contribution in [0.5, 0.6) is 0 Å². The number of fused-ring (bicyclic) bond motifs is 3. The summed E-state index contributed by atoms with van der Waals surface area (Å²) < 4.78 is 0. The summed E-state index contributed by atoms with van der Waals surface area (Å²) in [7, 11) is 0. The molecule has 1 aromatic rings. The minimum Gasteiger partial charge on any atom is -0.342 e. The molecule has 8 aliphatic rings. The van der Waals surface area contributed by atoms with Crippen LogP contribution in [0.25, 0.3) is 0 Å². The maximum atomic E-state index is 2.81. The third-order valence-corrected chi connectivity index (χ3v) is 13.5. The Labute approximate surface area is 308 Å². The lowest BCUT2D eigenvalue weighted by molar-refractivity contribution is 0.289. The van der Waals surface area contributed by atoms with Gasteiger partial charge >= 0.3 is 0 Å². The summed E-state index contributed by atoms with van der Waals surface area (Å²) in [5.74, 6) is 2.65. The van der Waals surface area contributed by atoms with Gasteiger partial charge < -0.3 is 9.80 Å². The van der Waals surface area contributed by atoms with Gasteiger partial charge in [0.15, 0.2) is 0 Å². The summed E-state index contributed by atoms with van der Waals surface area (Å²) in [5, 5.41) is 0. The second-order valence-corrected chi connectivity index (χ2v) is 16.6. The fourth-order valence-corrected chi connectivity index (χ4v) is 10.7. The van der Waals surface area contributed by atoms with E-state index in [9.17, 15) is 0 Å². The minimum atomic E-state index is 0.466. The summed E-state index contributed by atoms with van der Waals surface area (Å²) in [4.78, 5) is 5.45. The number of hydrogen-bond acceptors (Lipinski definition) is 2. The maximum absolute atomic E-state index is 2.81. The van der Waals surface area contributed by atoms with Gasteiger partial charge in [-0.1, -0.05) is 91.5 Å². The monoisotopic (exact) mass is 674 g/mol. The average molecular weight is 675 g/mol. The Morgan fingerprint density at radius 2 is 1.55 bits per heavy atom. The zero-order valence-corrected chi connectivity index (χ0v) is 31.0. The Kier molecular flexibility index (Phi) is 9.53. The SMILES string of the molecule is CC1CC=CCC1C1=CC=C(C2=CCC(N(C3=CCC4C5=CCCC=C5N(c5ccc(C6CC=CCC6)cc5)C4=C3)C3=CCCC3)CC2)CCC1. The molecule has 0 spiro atoms. The molecule has 1 saturated heterocycles. The Morgan fingerprint density at radius 1 is 0.667 bits per heavy atom. The van der Waals surface area contributed by atoms with Crippen molar-refractivity contribution in [3.05, 3.63) is 148 Å². The third kappa shape index (κ3) is 6.58. The number of hydrogen-bond donors (Lipinski definition) is 0. The van der Waals surface area contributed by atoms with Crippen molar-refractivity contribution < 1.29 is 0 Å². The van der Waals surface area contributed by atoms with Crippen molar-refractivity contribution >= 4 is 5.69 Å². The predicted molar refractivity (Wildman–Crippen MR) is 215 cm³/mol. The second-order valence-electron chi connectivity index (χ2n) is 16.6. The molecule has 2 nitrogen and oxygen atoms in total. The van der Waals surface area contributed by atoms with E-state index in [0.717, 1.165) is 31.1 Å². The summed E-state index contributed by atoms with van der Waals surface area (Å²) in [5.41, 5.74) is 15.3. The zero-order valence-electron chi connectivity index (χ0n) is 31.0. The Bertz CT molecular complexity index is 1810. The first kappa shape index (κ1) is 33.1. The number of benzene rings is 1. The lowest BCUT2D eigenvalue weighted by Gasteiger charge is -2.39. The summed E-state index contributed by atoms with van der Waals surface area (Å²) in [6.45, 7) is 2.46. The van der Waals surface area contributed by atoms with Crippen molar-refractivity contribution in [2.45, 2.75) is 128 Å². The van der Waals surface area contributed by atoms with Crippen LogP contribution in [0.1, 0.15) is 128 Å². The van der Waals surface area contributed by atoms with E-state index in [1.807, 2.05) is 0 Å². The Hall–Kier alpha value is -3.78. The molecule has 0 N–H and O–H groups in total. The molecular formula is C49H58N2. The van der Waals surface area contributed by atoms with Crippen molar-refractivity contribution in [1.82, 2.24) is 4.90 Å². The Morgan fingerprint density at radius 3 is 2.35 bits per heavy atom. The van der Waals surface area contributed by atoms with E-state index in [4.69, 9.17) is 0 Å². The Balaban J connectivity index is 0.981. The average Bonchev–Trinajstić information content (AvgIpc) is 3.75. The van der Waals surface area contributed by atoms with Gasteiger partial charge in [-0.3, -0.25) is 0 Å². The van der Waals surface area contributed by atoms with Gasteiger partial charge in [0.2, 0.25) is 0 Å². The number of anilines is 1. The van der Waals surface area contributed by atoms with Crippen molar-refractivity contribution in [3.8, 4) is 0 Å². The molecular weight excluding hydrogens is 617 g/mol. The summed E-state index contributed by atoms with van der Waals surface area (Å²) in [6.07, 6.45) is 50.8. The number of nitrogens with zero attached hydrogens (tertiary/aromatic N) is 2. The molecule has 5 unspecified atom stereocenters. The summed E-state index contributed by atoms with van der Waals surface area (Å²) >= 11 is 0. The fraction of sp³-hybridized carbons (Fsp3) is 0.469. The fourth-order valence-electron chi connectivity index (χ4n) is 10.7. The molecule has 0 bridgehead atoms. The molecule has 0 radical (unpaired) electrons. The van der Waals surface area contributed by atoms with Crippen LogP contribution in [-0.4, -0.2) is 10.9 Å². The molecule has 1 aliphatic heterocycles. The van der Waals surface area contributed by atoms with E-state index in [1.54, 1.807) is 28.0 Å². The molecule has 0 aromatic heterocycles. The normalized spacial score (nSPS) is 30.5. The van der Waals surface area contributed by atoms with Gasteiger partial charge in [0.05, 0.1) is 0 Å². The van der Waals surface area contributed by atoms with Gasteiger partial charge in [-0.2, -0.15) is 0 Å². The van der Waals surface area contributed by atoms with Crippen LogP contribution >= 0.6 is 0 Å². The number of allylic oxidation sites excluding steroid dienone is 17. The third-order valence-electron chi connectivity index (χ3n) is 13.5. The molecule has 2 heteroatoms. The first-order valence-corrected chi connectivity index (χ1v) is 20.8.